The maximum atomic E-state index is 5.95. The maximum Gasteiger partial charge on any atom is 0.164 e. The molecule has 102 valence electrons. The summed E-state index contributed by atoms with van der Waals surface area (Å²) in [6.45, 7) is 8.32. The summed E-state index contributed by atoms with van der Waals surface area (Å²) in [7, 11) is 0. The minimum atomic E-state index is 0.547. The molecule has 0 aliphatic heterocycles. The van der Waals surface area contributed by atoms with Gasteiger partial charge in [-0.05, 0) is 37.4 Å². The molecule has 0 aliphatic rings. The van der Waals surface area contributed by atoms with E-state index >= 15 is 0 Å². The largest absolute Gasteiger partial charge is 0.490 e. The average Bonchev–Trinajstić information content (AvgIpc) is 2.38. The summed E-state index contributed by atoms with van der Waals surface area (Å²) >= 11 is 0. The van der Waals surface area contributed by atoms with Gasteiger partial charge in [0, 0.05) is 0 Å². The Morgan fingerprint density at radius 2 is 2.00 bits per heavy atom. The van der Waals surface area contributed by atoms with E-state index in [2.05, 4.69) is 19.9 Å². The summed E-state index contributed by atoms with van der Waals surface area (Å²) in [5, 5.41) is 0. The second-order valence-corrected chi connectivity index (χ2v) is 4.54. The number of hydrogen-bond acceptors (Lipinski definition) is 3. The minimum Gasteiger partial charge on any atom is -0.490 e. The Hall–Kier alpha value is -1.22. The molecule has 0 amide bonds. The second kappa shape index (κ2) is 7.98. The fourth-order valence-corrected chi connectivity index (χ4v) is 1.69. The number of ether oxygens (including phenoxy) is 2. The summed E-state index contributed by atoms with van der Waals surface area (Å²) in [6, 6.07) is 6.00. The number of para-hydroxylation sites is 1. The van der Waals surface area contributed by atoms with Crippen molar-refractivity contribution in [3.05, 3.63) is 23.8 Å². The minimum absolute atomic E-state index is 0.547. The van der Waals surface area contributed by atoms with E-state index in [4.69, 9.17) is 15.2 Å². The highest BCUT2D eigenvalue weighted by Crippen LogP contribution is 2.32. The third-order valence-corrected chi connectivity index (χ3v) is 2.98. The van der Waals surface area contributed by atoms with E-state index in [1.54, 1.807) is 0 Å². The Balaban J connectivity index is 2.87. The topological polar surface area (TPSA) is 44.5 Å². The van der Waals surface area contributed by atoms with Crippen LogP contribution in [0, 0.1) is 5.92 Å². The molecule has 18 heavy (non-hydrogen) atoms. The van der Waals surface area contributed by atoms with Gasteiger partial charge in [0.25, 0.3) is 0 Å². The van der Waals surface area contributed by atoms with Crippen molar-refractivity contribution in [3.8, 4) is 11.5 Å². The average molecular weight is 251 g/mol. The molecule has 1 rings (SSSR count). The van der Waals surface area contributed by atoms with Gasteiger partial charge in [-0.25, -0.2) is 0 Å². The van der Waals surface area contributed by atoms with E-state index in [0.29, 0.717) is 19.1 Å². The molecule has 1 unspecified atom stereocenters. The van der Waals surface area contributed by atoms with E-state index in [-0.39, 0.29) is 0 Å². The molecule has 0 radical (unpaired) electrons. The highest BCUT2D eigenvalue weighted by molar-refractivity contribution is 5.46. The highest BCUT2D eigenvalue weighted by Gasteiger charge is 2.11. The van der Waals surface area contributed by atoms with Gasteiger partial charge in [0.2, 0.25) is 0 Å². The first-order valence-electron chi connectivity index (χ1n) is 6.80. The molecule has 0 bridgehead atoms. The van der Waals surface area contributed by atoms with Gasteiger partial charge in [0.15, 0.2) is 11.5 Å². The van der Waals surface area contributed by atoms with Crippen LogP contribution in [0.4, 0.5) is 0 Å². The van der Waals surface area contributed by atoms with Crippen LogP contribution < -0.4 is 15.2 Å². The van der Waals surface area contributed by atoms with Crippen molar-refractivity contribution in [2.75, 3.05) is 19.8 Å². The molecule has 0 heterocycles. The Kier molecular flexibility index (Phi) is 6.58. The van der Waals surface area contributed by atoms with Gasteiger partial charge in [-0.3, -0.25) is 0 Å². The Morgan fingerprint density at radius 3 is 2.61 bits per heavy atom. The van der Waals surface area contributed by atoms with Crippen molar-refractivity contribution in [3.63, 3.8) is 0 Å². The molecule has 0 aromatic heterocycles. The quantitative estimate of drug-likeness (QED) is 0.772. The molecule has 0 spiro atoms. The van der Waals surface area contributed by atoms with E-state index < -0.39 is 0 Å². The van der Waals surface area contributed by atoms with Crippen molar-refractivity contribution in [1.82, 2.24) is 0 Å². The highest BCUT2D eigenvalue weighted by atomic mass is 16.5. The number of rotatable bonds is 8. The monoisotopic (exact) mass is 251 g/mol. The van der Waals surface area contributed by atoms with Crippen LogP contribution in [0.3, 0.4) is 0 Å². The fourth-order valence-electron chi connectivity index (χ4n) is 1.69. The van der Waals surface area contributed by atoms with Gasteiger partial charge < -0.3 is 15.2 Å². The molecule has 0 aliphatic carbocycles. The predicted octanol–water partition coefficient (Wildman–Crippen LogP) is 3.01. The van der Waals surface area contributed by atoms with Crippen molar-refractivity contribution in [2.45, 2.75) is 33.6 Å². The molecule has 0 saturated heterocycles. The summed E-state index contributed by atoms with van der Waals surface area (Å²) in [5.74, 6) is 2.24. The molecule has 2 N–H and O–H groups in total. The lowest BCUT2D eigenvalue weighted by Gasteiger charge is -2.17. The number of hydrogen-bond donors (Lipinski definition) is 1. The van der Waals surface area contributed by atoms with Crippen LogP contribution in [0.2, 0.25) is 0 Å². The molecule has 3 heteroatoms. The molecule has 1 aromatic rings. The molecule has 1 aromatic carbocycles. The maximum absolute atomic E-state index is 5.95. The summed E-state index contributed by atoms with van der Waals surface area (Å²) in [4.78, 5) is 0. The summed E-state index contributed by atoms with van der Waals surface area (Å²) < 4.78 is 11.6. The van der Waals surface area contributed by atoms with E-state index in [9.17, 15) is 0 Å². The van der Waals surface area contributed by atoms with Gasteiger partial charge in [0.1, 0.15) is 0 Å². The Labute approximate surface area is 110 Å². The van der Waals surface area contributed by atoms with Crippen molar-refractivity contribution >= 4 is 0 Å². The molecule has 1 atom stereocenters. The fraction of sp³-hybridized carbons (Fsp3) is 0.600. The smallest absolute Gasteiger partial charge is 0.164 e. The lowest BCUT2D eigenvalue weighted by molar-refractivity contribution is 0.235. The van der Waals surface area contributed by atoms with Gasteiger partial charge in [-0.2, -0.15) is 0 Å². The van der Waals surface area contributed by atoms with Crippen LogP contribution in [0.5, 0.6) is 11.5 Å². The van der Waals surface area contributed by atoms with Crippen LogP contribution >= 0.6 is 0 Å². The molecule has 3 nitrogen and oxygen atoms in total. The van der Waals surface area contributed by atoms with E-state index in [1.807, 2.05) is 19.1 Å². The van der Waals surface area contributed by atoms with Crippen molar-refractivity contribution < 1.29 is 9.47 Å². The SMILES string of the molecule is CCOc1cccc(CCN)c1OCC(C)CC. The zero-order valence-corrected chi connectivity index (χ0v) is 11.7. The number of benzene rings is 1. The normalized spacial score (nSPS) is 12.2. The van der Waals surface area contributed by atoms with Gasteiger partial charge in [-0.15, -0.1) is 0 Å². The zero-order chi connectivity index (χ0) is 13.4. The summed E-state index contributed by atoms with van der Waals surface area (Å²) in [5.41, 5.74) is 6.77. The third kappa shape index (κ3) is 4.22. The lowest BCUT2D eigenvalue weighted by Crippen LogP contribution is -2.11. The van der Waals surface area contributed by atoms with Crippen LogP contribution in [0.25, 0.3) is 0 Å². The second-order valence-electron chi connectivity index (χ2n) is 4.54. The molecular weight excluding hydrogens is 226 g/mol. The first kappa shape index (κ1) is 14.8. The summed E-state index contributed by atoms with van der Waals surface area (Å²) in [6.07, 6.45) is 1.93. The zero-order valence-electron chi connectivity index (χ0n) is 11.7. The van der Waals surface area contributed by atoms with Gasteiger partial charge >= 0.3 is 0 Å². The van der Waals surface area contributed by atoms with Gasteiger partial charge in [0.05, 0.1) is 13.2 Å². The molecule has 0 saturated carbocycles. The number of nitrogens with two attached hydrogens (primary N) is 1. The molecule has 0 fully saturated rings. The predicted molar refractivity (Wildman–Crippen MR) is 75.3 cm³/mol. The van der Waals surface area contributed by atoms with Crippen LogP contribution in [0.1, 0.15) is 32.8 Å². The lowest BCUT2D eigenvalue weighted by atomic mass is 10.1. The first-order valence-corrected chi connectivity index (χ1v) is 6.80. The Morgan fingerprint density at radius 1 is 1.22 bits per heavy atom. The standard InChI is InChI=1S/C15H25NO2/c1-4-12(3)11-18-15-13(9-10-16)7-6-8-14(15)17-5-2/h6-8,12H,4-5,9-11,16H2,1-3H3. The van der Waals surface area contributed by atoms with E-state index in [0.717, 1.165) is 36.5 Å². The van der Waals surface area contributed by atoms with Crippen LogP contribution in [0.15, 0.2) is 18.2 Å². The third-order valence-electron chi connectivity index (χ3n) is 2.98. The van der Waals surface area contributed by atoms with Crippen molar-refractivity contribution in [1.29, 1.82) is 0 Å². The van der Waals surface area contributed by atoms with Gasteiger partial charge in [-0.1, -0.05) is 32.4 Å². The van der Waals surface area contributed by atoms with Crippen LogP contribution in [-0.2, 0) is 6.42 Å². The molecular formula is C15H25NO2. The van der Waals surface area contributed by atoms with Crippen LogP contribution in [-0.4, -0.2) is 19.8 Å². The first-order chi connectivity index (χ1) is 8.72. The van der Waals surface area contributed by atoms with Crippen molar-refractivity contribution in [2.24, 2.45) is 11.7 Å². The Bertz CT molecular complexity index is 328. The van der Waals surface area contributed by atoms with E-state index in [1.165, 1.54) is 0 Å².